The average Bonchev–Trinajstić information content (AvgIpc) is 3.14. The minimum Gasteiger partial charge on any atom is -0.371 e. The Hall–Kier alpha value is -2.35. The quantitative estimate of drug-likeness (QED) is 0.758. The van der Waals surface area contributed by atoms with Crippen LogP contribution in [0.1, 0.15) is 36.8 Å². The summed E-state index contributed by atoms with van der Waals surface area (Å²) in [4.78, 5) is 15.1. The number of rotatable bonds is 5. The number of nitrogens with zero attached hydrogens (tertiary/aromatic N) is 1. The molecule has 1 atom stereocenters. The largest absolute Gasteiger partial charge is 0.371 e. The van der Waals surface area contributed by atoms with E-state index in [2.05, 4.69) is 17.0 Å². The number of likely N-dealkylation sites (tertiary alicyclic amines) is 1. The Morgan fingerprint density at radius 2 is 1.52 bits per heavy atom. The molecule has 0 amide bonds. The van der Waals surface area contributed by atoms with Crippen LogP contribution >= 0.6 is 0 Å². The Bertz CT molecular complexity index is 670. The summed E-state index contributed by atoms with van der Waals surface area (Å²) in [7, 11) is 0. The predicted molar refractivity (Wildman–Crippen MR) is 95.1 cm³/mol. The van der Waals surface area contributed by atoms with Gasteiger partial charge in [-0.2, -0.15) is 0 Å². The molecule has 1 fully saturated rings. The van der Waals surface area contributed by atoms with Crippen LogP contribution in [0.3, 0.4) is 0 Å². The average molecular weight is 305 g/mol. The molecule has 2 nitrogen and oxygen atoms in total. The van der Waals surface area contributed by atoms with Crippen molar-refractivity contribution < 1.29 is 4.79 Å². The Labute approximate surface area is 138 Å². The number of carbonyl (C=O) groups excluding carboxylic acids is 1. The molecule has 0 radical (unpaired) electrons. The highest BCUT2D eigenvalue weighted by atomic mass is 16.1. The van der Waals surface area contributed by atoms with Gasteiger partial charge in [0, 0.05) is 30.8 Å². The van der Waals surface area contributed by atoms with Crippen LogP contribution in [0.5, 0.6) is 0 Å². The Morgan fingerprint density at radius 1 is 0.957 bits per heavy atom. The topological polar surface area (TPSA) is 20.3 Å². The number of hydrogen-bond donors (Lipinski definition) is 0. The zero-order valence-electron chi connectivity index (χ0n) is 13.6. The summed E-state index contributed by atoms with van der Waals surface area (Å²) < 4.78 is 0. The lowest BCUT2D eigenvalue weighted by molar-refractivity contribution is -0.115. The summed E-state index contributed by atoms with van der Waals surface area (Å²) >= 11 is 0. The fraction of sp³-hybridized carbons (Fsp3) is 0.286. The van der Waals surface area contributed by atoms with Crippen LogP contribution in [0.2, 0.25) is 0 Å². The van der Waals surface area contributed by atoms with Crippen molar-refractivity contribution in [2.24, 2.45) is 0 Å². The molecule has 0 aromatic heterocycles. The molecule has 0 N–H and O–H groups in total. The van der Waals surface area contributed by atoms with Crippen LogP contribution in [0.25, 0.3) is 5.70 Å². The van der Waals surface area contributed by atoms with Crippen LogP contribution < -0.4 is 0 Å². The first-order valence-corrected chi connectivity index (χ1v) is 8.36. The predicted octanol–water partition coefficient (Wildman–Crippen LogP) is 4.50. The van der Waals surface area contributed by atoms with Crippen molar-refractivity contribution in [3.8, 4) is 0 Å². The molecular weight excluding hydrogens is 282 g/mol. The summed E-state index contributed by atoms with van der Waals surface area (Å²) in [5.41, 5.74) is 3.27. The van der Waals surface area contributed by atoms with Gasteiger partial charge in [-0.3, -0.25) is 4.79 Å². The molecule has 1 unspecified atom stereocenters. The summed E-state index contributed by atoms with van der Waals surface area (Å²) in [5, 5.41) is 0. The first kappa shape index (κ1) is 15.5. The molecule has 0 aliphatic carbocycles. The summed E-state index contributed by atoms with van der Waals surface area (Å²) in [6, 6.07) is 20.3. The highest BCUT2D eigenvalue weighted by Gasteiger charge is 2.20. The molecule has 1 aliphatic rings. The lowest BCUT2D eigenvalue weighted by atomic mass is 9.95. The minimum absolute atomic E-state index is 0.113. The van der Waals surface area contributed by atoms with Gasteiger partial charge in [-0.15, -0.1) is 0 Å². The van der Waals surface area contributed by atoms with Gasteiger partial charge in [-0.1, -0.05) is 67.6 Å². The number of carbonyl (C=O) groups is 1. The Kier molecular flexibility index (Phi) is 4.92. The molecule has 1 heterocycles. The third kappa shape index (κ3) is 3.70. The molecule has 2 aromatic rings. The summed E-state index contributed by atoms with van der Waals surface area (Å²) in [6.07, 6.45) is 4.25. The summed E-state index contributed by atoms with van der Waals surface area (Å²) in [5.74, 6) is 0.0551. The second-order valence-electron chi connectivity index (χ2n) is 6.12. The van der Waals surface area contributed by atoms with Gasteiger partial charge in [0.25, 0.3) is 0 Å². The number of ketones is 1. The van der Waals surface area contributed by atoms with Gasteiger partial charge in [-0.25, -0.2) is 0 Å². The van der Waals surface area contributed by atoms with E-state index in [1.54, 1.807) is 0 Å². The van der Waals surface area contributed by atoms with Gasteiger partial charge in [-0.05, 0) is 24.0 Å². The van der Waals surface area contributed by atoms with Gasteiger partial charge in [0.05, 0.1) is 0 Å². The SMILES string of the molecule is CC(C(=O)C=C(c1ccccc1)N1CCCC1)c1ccccc1. The lowest BCUT2D eigenvalue weighted by Gasteiger charge is -2.22. The molecule has 23 heavy (non-hydrogen) atoms. The van der Waals surface area contributed by atoms with E-state index in [0.29, 0.717) is 0 Å². The van der Waals surface area contributed by atoms with E-state index in [9.17, 15) is 4.79 Å². The second kappa shape index (κ2) is 7.28. The van der Waals surface area contributed by atoms with Gasteiger partial charge in [0.15, 0.2) is 5.78 Å². The van der Waals surface area contributed by atoms with Gasteiger partial charge < -0.3 is 4.90 Å². The maximum atomic E-state index is 12.8. The molecule has 118 valence electrons. The molecule has 0 bridgehead atoms. The highest BCUT2D eigenvalue weighted by Crippen LogP contribution is 2.26. The Balaban J connectivity index is 1.89. The third-order valence-electron chi connectivity index (χ3n) is 4.52. The monoisotopic (exact) mass is 305 g/mol. The molecule has 1 aliphatic heterocycles. The van der Waals surface area contributed by atoms with Crippen LogP contribution in [0, 0.1) is 0 Å². The maximum Gasteiger partial charge on any atom is 0.164 e. The standard InChI is InChI=1S/C21H23NO/c1-17(18-10-4-2-5-11-18)21(23)16-20(22-14-8-9-15-22)19-12-6-3-7-13-19/h2-7,10-13,16-17H,8-9,14-15H2,1H3. The first-order chi connectivity index (χ1) is 11.3. The molecule has 3 rings (SSSR count). The van der Waals surface area contributed by atoms with Crippen molar-refractivity contribution >= 4 is 11.5 Å². The van der Waals surface area contributed by atoms with Crippen molar-refractivity contribution in [2.75, 3.05) is 13.1 Å². The van der Waals surface area contributed by atoms with Gasteiger partial charge in [0.2, 0.25) is 0 Å². The molecule has 0 spiro atoms. The van der Waals surface area contributed by atoms with Crippen LogP contribution in [-0.4, -0.2) is 23.8 Å². The molecular formula is C21H23NO. The number of hydrogen-bond acceptors (Lipinski definition) is 2. The zero-order chi connectivity index (χ0) is 16.1. The molecule has 2 aromatic carbocycles. The van der Waals surface area contributed by atoms with Crippen LogP contribution in [0.15, 0.2) is 66.7 Å². The Morgan fingerprint density at radius 3 is 2.13 bits per heavy atom. The zero-order valence-corrected chi connectivity index (χ0v) is 13.6. The van der Waals surface area contributed by atoms with Crippen LogP contribution in [0.4, 0.5) is 0 Å². The lowest BCUT2D eigenvalue weighted by Crippen LogP contribution is -2.19. The van der Waals surface area contributed by atoms with Crippen molar-refractivity contribution in [2.45, 2.75) is 25.7 Å². The fourth-order valence-corrected chi connectivity index (χ4v) is 3.09. The molecule has 0 saturated carbocycles. The first-order valence-electron chi connectivity index (χ1n) is 8.36. The van der Waals surface area contributed by atoms with Crippen molar-refractivity contribution in [1.82, 2.24) is 4.90 Å². The minimum atomic E-state index is -0.113. The summed E-state index contributed by atoms with van der Waals surface area (Å²) in [6.45, 7) is 4.06. The normalized spacial score (nSPS) is 16.4. The molecule has 2 heteroatoms. The van der Waals surface area contributed by atoms with E-state index in [4.69, 9.17) is 0 Å². The van der Waals surface area contributed by atoms with E-state index in [0.717, 1.165) is 29.9 Å². The van der Waals surface area contributed by atoms with E-state index in [-0.39, 0.29) is 11.7 Å². The van der Waals surface area contributed by atoms with Crippen molar-refractivity contribution in [3.63, 3.8) is 0 Å². The highest BCUT2D eigenvalue weighted by molar-refractivity contribution is 6.00. The number of allylic oxidation sites excluding steroid dienone is 1. The third-order valence-corrected chi connectivity index (χ3v) is 4.52. The van der Waals surface area contributed by atoms with E-state index < -0.39 is 0 Å². The van der Waals surface area contributed by atoms with Crippen molar-refractivity contribution in [1.29, 1.82) is 0 Å². The van der Waals surface area contributed by atoms with E-state index in [1.807, 2.05) is 61.5 Å². The fourth-order valence-electron chi connectivity index (χ4n) is 3.09. The van der Waals surface area contributed by atoms with E-state index in [1.165, 1.54) is 12.8 Å². The van der Waals surface area contributed by atoms with Crippen molar-refractivity contribution in [3.05, 3.63) is 77.9 Å². The maximum absolute atomic E-state index is 12.8. The van der Waals surface area contributed by atoms with Gasteiger partial charge in [0.1, 0.15) is 0 Å². The van der Waals surface area contributed by atoms with Crippen LogP contribution in [-0.2, 0) is 4.79 Å². The second-order valence-corrected chi connectivity index (χ2v) is 6.12. The number of benzene rings is 2. The molecule has 1 saturated heterocycles. The van der Waals surface area contributed by atoms with E-state index >= 15 is 0 Å². The van der Waals surface area contributed by atoms with Gasteiger partial charge >= 0.3 is 0 Å². The smallest absolute Gasteiger partial charge is 0.164 e.